The number of carbonyl (C=O) groups is 2. The minimum atomic E-state index is 0.0821. The fourth-order valence-electron chi connectivity index (χ4n) is 3.37. The zero-order chi connectivity index (χ0) is 18.8. The van der Waals surface area contributed by atoms with E-state index in [9.17, 15) is 9.59 Å². The highest BCUT2D eigenvalue weighted by Gasteiger charge is 2.29. The molecule has 6 nitrogen and oxygen atoms in total. The molecular formula is C20H31N3O3. The Labute approximate surface area is 156 Å². The average molecular weight is 361 g/mol. The van der Waals surface area contributed by atoms with Gasteiger partial charge in [0.1, 0.15) is 0 Å². The van der Waals surface area contributed by atoms with Crippen LogP contribution in [0, 0.1) is 0 Å². The summed E-state index contributed by atoms with van der Waals surface area (Å²) in [6, 6.07) is 9.61. The van der Waals surface area contributed by atoms with Crippen LogP contribution in [0.15, 0.2) is 30.3 Å². The van der Waals surface area contributed by atoms with Crippen molar-refractivity contribution < 1.29 is 14.3 Å². The third-order valence-electron chi connectivity index (χ3n) is 4.76. The maximum atomic E-state index is 12.6. The van der Waals surface area contributed by atoms with Crippen molar-refractivity contribution in [1.29, 1.82) is 0 Å². The summed E-state index contributed by atoms with van der Waals surface area (Å²) in [6.45, 7) is 5.86. The minimum Gasteiger partial charge on any atom is -0.383 e. The second-order valence-electron chi connectivity index (χ2n) is 6.65. The van der Waals surface area contributed by atoms with E-state index in [4.69, 9.17) is 4.74 Å². The van der Waals surface area contributed by atoms with E-state index in [1.807, 2.05) is 40.1 Å². The number of rotatable bonds is 9. The van der Waals surface area contributed by atoms with Gasteiger partial charge in [-0.3, -0.25) is 9.59 Å². The van der Waals surface area contributed by atoms with Crippen molar-refractivity contribution in [2.45, 2.75) is 32.2 Å². The summed E-state index contributed by atoms with van der Waals surface area (Å²) in [5.41, 5.74) is 0.731. The van der Waals surface area contributed by atoms with Gasteiger partial charge in [0.05, 0.1) is 13.2 Å². The monoisotopic (exact) mass is 361 g/mol. The van der Waals surface area contributed by atoms with E-state index in [1.54, 1.807) is 7.11 Å². The Bertz CT molecular complexity index is 557. The Morgan fingerprint density at radius 2 is 1.92 bits per heavy atom. The molecule has 1 fully saturated rings. The second kappa shape index (κ2) is 10.9. The number of hydrogen-bond donors (Lipinski definition) is 1. The molecule has 0 unspecified atom stereocenters. The summed E-state index contributed by atoms with van der Waals surface area (Å²) in [6.07, 6.45) is 2.61. The number of likely N-dealkylation sites (tertiary alicyclic amines) is 1. The third kappa shape index (κ3) is 5.81. The predicted molar refractivity (Wildman–Crippen MR) is 102 cm³/mol. The van der Waals surface area contributed by atoms with Gasteiger partial charge in [-0.15, -0.1) is 0 Å². The number of ether oxygens (including phenoxy) is 1. The fourth-order valence-corrected chi connectivity index (χ4v) is 3.37. The summed E-state index contributed by atoms with van der Waals surface area (Å²) >= 11 is 0. The fraction of sp³-hybridized carbons (Fsp3) is 0.600. The molecular weight excluding hydrogens is 330 g/mol. The first-order valence-corrected chi connectivity index (χ1v) is 9.50. The van der Waals surface area contributed by atoms with E-state index in [0.29, 0.717) is 32.8 Å². The highest BCUT2D eigenvalue weighted by molar-refractivity contribution is 5.94. The number of carbonyl (C=O) groups excluding carboxylic acids is 2. The molecule has 144 valence electrons. The number of hydrogen-bond acceptors (Lipinski definition) is 4. The number of amides is 2. The maximum absolute atomic E-state index is 12.6. The Balaban J connectivity index is 1.86. The van der Waals surface area contributed by atoms with Gasteiger partial charge >= 0.3 is 0 Å². The number of benzene rings is 1. The molecule has 1 N–H and O–H groups in total. The van der Waals surface area contributed by atoms with Crippen LogP contribution >= 0.6 is 0 Å². The Hall–Kier alpha value is -1.92. The van der Waals surface area contributed by atoms with Crippen LogP contribution in [0.25, 0.3) is 0 Å². The summed E-state index contributed by atoms with van der Waals surface area (Å²) < 4.78 is 4.99. The summed E-state index contributed by atoms with van der Waals surface area (Å²) in [5, 5.41) is 3.13. The minimum absolute atomic E-state index is 0.0821. The Morgan fingerprint density at radius 1 is 1.23 bits per heavy atom. The van der Waals surface area contributed by atoms with E-state index in [-0.39, 0.29) is 17.9 Å². The molecule has 0 atom stereocenters. The normalized spacial score (nSPS) is 15.1. The topological polar surface area (TPSA) is 61.9 Å². The molecule has 6 heteroatoms. The van der Waals surface area contributed by atoms with Crippen molar-refractivity contribution in [2.75, 3.05) is 46.4 Å². The average Bonchev–Trinajstić information content (AvgIpc) is 2.69. The van der Waals surface area contributed by atoms with Crippen LogP contribution in [-0.4, -0.2) is 74.1 Å². The quantitative estimate of drug-likeness (QED) is 0.681. The van der Waals surface area contributed by atoms with Crippen molar-refractivity contribution in [1.82, 2.24) is 15.1 Å². The van der Waals surface area contributed by atoms with Crippen molar-refractivity contribution in [3.05, 3.63) is 35.9 Å². The van der Waals surface area contributed by atoms with Gasteiger partial charge in [-0.25, -0.2) is 0 Å². The molecule has 1 saturated heterocycles. The highest BCUT2D eigenvalue weighted by atomic mass is 16.5. The molecule has 1 aliphatic rings. The van der Waals surface area contributed by atoms with Gasteiger partial charge in [-0.1, -0.05) is 25.1 Å². The number of nitrogens with one attached hydrogen (secondary N) is 1. The summed E-state index contributed by atoms with van der Waals surface area (Å²) in [5.74, 6) is 0.217. The van der Waals surface area contributed by atoms with E-state index in [1.165, 1.54) is 0 Å². The second-order valence-corrected chi connectivity index (χ2v) is 6.65. The standard InChI is InChI=1S/C20H31N3O3/c1-3-12-23(19(24)16-21-11-15-26-2)18-9-13-22(14-10-18)20(25)17-7-5-4-6-8-17/h4-8,18,21H,3,9-16H2,1-2H3. The third-order valence-corrected chi connectivity index (χ3v) is 4.76. The van der Waals surface area contributed by atoms with Gasteiger partial charge in [0, 0.05) is 44.9 Å². The molecule has 2 amide bonds. The van der Waals surface area contributed by atoms with Crippen LogP contribution in [0.1, 0.15) is 36.5 Å². The maximum Gasteiger partial charge on any atom is 0.253 e. The van der Waals surface area contributed by atoms with E-state index in [0.717, 1.165) is 31.4 Å². The molecule has 0 aromatic heterocycles. The number of piperidine rings is 1. The molecule has 1 aromatic rings. The molecule has 0 saturated carbocycles. The van der Waals surface area contributed by atoms with E-state index < -0.39 is 0 Å². The lowest BCUT2D eigenvalue weighted by Crippen LogP contribution is -2.51. The number of nitrogens with zero attached hydrogens (tertiary/aromatic N) is 2. The van der Waals surface area contributed by atoms with Gasteiger partial charge in [-0.05, 0) is 31.4 Å². The SMILES string of the molecule is CCCN(C(=O)CNCCOC)C1CCN(C(=O)c2ccccc2)CC1. The van der Waals surface area contributed by atoms with E-state index >= 15 is 0 Å². The summed E-state index contributed by atoms with van der Waals surface area (Å²) in [7, 11) is 1.65. The lowest BCUT2D eigenvalue weighted by atomic mass is 10.0. The van der Waals surface area contributed by atoms with E-state index in [2.05, 4.69) is 12.2 Å². The first-order valence-electron chi connectivity index (χ1n) is 9.50. The van der Waals surface area contributed by atoms with Crippen molar-refractivity contribution in [3.63, 3.8) is 0 Å². The van der Waals surface area contributed by atoms with Crippen LogP contribution in [0.3, 0.4) is 0 Å². The molecule has 0 spiro atoms. The lowest BCUT2D eigenvalue weighted by Gasteiger charge is -2.38. The van der Waals surface area contributed by atoms with Gasteiger partial charge in [-0.2, -0.15) is 0 Å². The molecule has 0 radical (unpaired) electrons. The summed E-state index contributed by atoms with van der Waals surface area (Å²) in [4.78, 5) is 29.0. The smallest absolute Gasteiger partial charge is 0.253 e. The van der Waals surface area contributed by atoms with Gasteiger partial charge < -0.3 is 19.9 Å². The highest BCUT2D eigenvalue weighted by Crippen LogP contribution is 2.19. The largest absolute Gasteiger partial charge is 0.383 e. The first kappa shape index (κ1) is 20.4. The Morgan fingerprint density at radius 3 is 2.54 bits per heavy atom. The van der Waals surface area contributed by atoms with Crippen LogP contribution in [0.5, 0.6) is 0 Å². The molecule has 0 bridgehead atoms. The zero-order valence-electron chi connectivity index (χ0n) is 15.9. The van der Waals surface area contributed by atoms with Crippen LogP contribution < -0.4 is 5.32 Å². The van der Waals surface area contributed by atoms with Crippen LogP contribution in [0.2, 0.25) is 0 Å². The molecule has 2 rings (SSSR count). The van der Waals surface area contributed by atoms with Crippen molar-refractivity contribution in [2.24, 2.45) is 0 Å². The molecule has 0 aliphatic carbocycles. The Kier molecular flexibility index (Phi) is 8.58. The predicted octanol–water partition coefficient (Wildman–Crippen LogP) is 1.77. The lowest BCUT2D eigenvalue weighted by molar-refractivity contribution is -0.133. The van der Waals surface area contributed by atoms with Gasteiger partial charge in [0.25, 0.3) is 5.91 Å². The molecule has 1 aromatic carbocycles. The van der Waals surface area contributed by atoms with Gasteiger partial charge in [0.2, 0.25) is 5.91 Å². The number of methoxy groups -OCH3 is 1. The molecule has 1 heterocycles. The van der Waals surface area contributed by atoms with Crippen LogP contribution in [-0.2, 0) is 9.53 Å². The first-order chi connectivity index (χ1) is 12.7. The molecule has 26 heavy (non-hydrogen) atoms. The zero-order valence-corrected chi connectivity index (χ0v) is 15.9. The van der Waals surface area contributed by atoms with Crippen LogP contribution in [0.4, 0.5) is 0 Å². The molecule has 1 aliphatic heterocycles. The van der Waals surface area contributed by atoms with Crippen molar-refractivity contribution >= 4 is 11.8 Å². The van der Waals surface area contributed by atoms with Gasteiger partial charge in [0.15, 0.2) is 0 Å². The van der Waals surface area contributed by atoms with Crippen molar-refractivity contribution in [3.8, 4) is 0 Å².